The van der Waals surface area contributed by atoms with Crippen LogP contribution in [0.5, 0.6) is 5.75 Å². The Morgan fingerprint density at radius 3 is 2.54 bits per heavy atom. The topological polar surface area (TPSA) is 73.7 Å². The summed E-state index contributed by atoms with van der Waals surface area (Å²) in [5.74, 6) is 0.327. The Balaban J connectivity index is 1.55. The molecular formula is C27H32FN3O4. The van der Waals surface area contributed by atoms with E-state index in [0.29, 0.717) is 60.1 Å². The molecule has 4 rings (SSSR count). The number of piperidine rings is 1. The van der Waals surface area contributed by atoms with Crippen LogP contribution in [0.15, 0.2) is 41.5 Å². The van der Waals surface area contributed by atoms with Crippen LogP contribution in [0, 0.1) is 12.7 Å². The number of methoxy groups -OCH3 is 1. The smallest absolute Gasteiger partial charge is 0.410 e. The molecule has 1 aliphatic heterocycles. The van der Waals surface area contributed by atoms with Crippen molar-refractivity contribution in [3.8, 4) is 5.75 Å². The second-order valence-electron chi connectivity index (χ2n) is 10.1. The molecule has 2 heterocycles. The molecule has 1 aliphatic rings. The Morgan fingerprint density at radius 1 is 1.17 bits per heavy atom. The van der Waals surface area contributed by atoms with Gasteiger partial charge in [-0.05, 0) is 81.5 Å². The number of likely N-dealkylation sites (tertiary alicyclic amines) is 1. The van der Waals surface area contributed by atoms with Crippen molar-refractivity contribution < 1.29 is 18.7 Å². The van der Waals surface area contributed by atoms with Gasteiger partial charge < -0.3 is 14.4 Å². The van der Waals surface area contributed by atoms with Crippen LogP contribution in [0.4, 0.5) is 9.18 Å². The van der Waals surface area contributed by atoms with Gasteiger partial charge in [0, 0.05) is 25.6 Å². The fraction of sp³-hybridized carbons (Fsp3) is 0.444. The quantitative estimate of drug-likeness (QED) is 0.523. The fourth-order valence-corrected chi connectivity index (χ4v) is 4.48. The number of halogens is 1. The fourth-order valence-electron chi connectivity index (χ4n) is 4.48. The monoisotopic (exact) mass is 481 g/mol. The van der Waals surface area contributed by atoms with Gasteiger partial charge in [-0.2, -0.15) is 0 Å². The van der Waals surface area contributed by atoms with E-state index in [9.17, 15) is 14.0 Å². The van der Waals surface area contributed by atoms with Crippen LogP contribution in [-0.4, -0.2) is 46.3 Å². The number of rotatable bonds is 4. The highest BCUT2D eigenvalue weighted by atomic mass is 19.1. The summed E-state index contributed by atoms with van der Waals surface area (Å²) in [7, 11) is 1.55. The zero-order valence-corrected chi connectivity index (χ0v) is 20.9. The maximum Gasteiger partial charge on any atom is 0.410 e. The van der Waals surface area contributed by atoms with Gasteiger partial charge in [0.1, 0.15) is 17.2 Å². The van der Waals surface area contributed by atoms with E-state index in [1.807, 2.05) is 26.8 Å². The predicted molar refractivity (Wildman–Crippen MR) is 133 cm³/mol. The van der Waals surface area contributed by atoms with E-state index in [-0.39, 0.29) is 23.5 Å². The number of aromatic nitrogens is 2. The highest BCUT2D eigenvalue weighted by molar-refractivity contribution is 5.78. The molecule has 0 aliphatic carbocycles. The third kappa shape index (κ3) is 5.47. The number of fused-ring (bicyclic) bond motifs is 1. The average molecular weight is 482 g/mol. The minimum Gasteiger partial charge on any atom is -0.497 e. The minimum absolute atomic E-state index is 0.0554. The summed E-state index contributed by atoms with van der Waals surface area (Å²) >= 11 is 0. The molecule has 0 atom stereocenters. The molecule has 3 aromatic rings. The molecule has 35 heavy (non-hydrogen) atoms. The lowest BCUT2D eigenvalue weighted by molar-refractivity contribution is 0.0187. The second kappa shape index (κ2) is 9.68. The molecule has 1 amide bonds. The largest absolute Gasteiger partial charge is 0.497 e. The van der Waals surface area contributed by atoms with Crippen LogP contribution in [0.1, 0.15) is 56.3 Å². The summed E-state index contributed by atoms with van der Waals surface area (Å²) in [6.45, 7) is 8.26. The van der Waals surface area contributed by atoms with E-state index in [0.717, 1.165) is 5.56 Å². The summed E-state index contributed by atoms with van der Waals surface area (Å²) in [6.07, 6.45) is 2.87. The molecule has 0 radical (unpaired) electrons. The molecule has 0 unspecified atom stereocenters. The van der Waals surface area contributed by atoms with E-state index in [1.54, 1.807) is 54.1 Å². The Labute approximate surface area is 204 Å². The zero-order valence-electron chi connectivity index (χ0n) is 20.9. The van der Waals surface area contributed by atoms with Crippen LogP contribution in [-0.2, 0) is 11.2 Å². The molecule has 0 bridgehead atoms. The molecule has 2 aromatic carbocycles. The van der Waals surface area contributed by atoms with Crippen molar-refractivity contribution in [1.82, 2.24) is 14.5 Å². The number of carbonyl (C=O) groups excluding carboxylic acids is 1. The summed E-state index contributed by atoms with van der Waals surface area (Å²) < 4.78 is 27.1. The average Bonchev–Trinajstić information content (AvgIpc) is 2.81. The van der Waals surface area contributed by atoms with Gasteiger partial charge in [0.15, 0.2) is 0 Å². The second-order valence-corrected chi connectivity index (χ2v) is 10.1. The lowest BCUT2D eigenvalue weighted by atomic mass is 10.0. The number of carbonyl (C=O) groups is 1. The standard InChI is InChI=1S/C27H32FN3O4/c1-17-12-21(34-5)15-19(24(17)28)13-18-6-7-23-22(14-18)25(32)31(16-29-23)20-8-10-30(11-9-20)26(33)35-27(2,3)4/h6-7,12,14-16,20H,8-11,13H2,1-5H3. The minimum atomic E-state index is -0.544. The highest BCUT2D eigenvalue weighted by Gasteiger charge is 2.28. The first-order valence-corrected chi connectivity index (χ1v) is 11.9. The SMILES string of the molecule is COc1cc(C)c(F)c(Cc2ccc3ncn(C4CCN(C(=O)OC(C)(C)C)CC4)c(=O)c3c2)c1. The van der Waals surface area contributed by atoms with Gasteiger partial charge in [-0.25, -0.2) is 14.2 Å². The van der Waals surface area contributed by atoms with Crippen LogP contribution in [0.2, 0.25) is 0 Å². The van der Waals surface area contributed by atoms with Crippen molar-refractivity contribution >= 4 is 17.0 Å². The molecular weight excluding hydrogens is 449 g/mol. The first kappa shape index (κ1) is 24.7. The van der Waals surface area contributed by atoms with Gasteiger partial charge in [-0.1, -0.05) is 6.07 Å². The van der Waals surface area contributed by atoms with Crippen molar-refractivity contribution in [2.75, 3.05) is 20.2 Å². The number of ether oxygens (including phenoxy) is 2. The number of amides is 1. The number of hydrogen-bond donors (Lipinski definition) is 0. The lowest BCUT2D eigenvalue weighted by Gasteiger charge is -2.34. The molecule has 0 saturated carbocycles. The van der Waals surface area contributed by atoms with Crippen LogP contribution in [0.3, 0.4) is 0 Å². The van der Waals surface area contributed by atoms with Crippen LogP contribution in [0.25, 0.3) is 10.9 Å². The van der Waals surface area contributed by atoms with Gasteiger partial charge in [0.25, 0.3) is 5.56 Å². The van der Waals surface area contributed by atoms with Crippen LogP contribution < -0.4 is 10.3 Å². The first-order valence-electron chi connectivity index (χ1n) is 11.9. The molecule has 0 N–H and O–H groups in total. The number of hydrogen-bond acceptors (Lipinski definition) is 5. The summed E-state index contributed by atoms with van der Waals surface area (Å²) in [6, 6.07) is 8.76. The molecule has 1 aromatic heterocycles. The van der Waals surface area contributed by atoms with Gasteiger partial charge in [0.05, 0.1) is 24.3 Å². The third-order valence-electron chi connectivity index (χ3n) is 6.29. The summed E-state index contributed by atoms with van der Waals surface area (Å²) in [5, 5.41) is 0.500. The highest BCUT2D eigenvalue weighted by Crippen LogP contribution is 2.26. The van der Waals surface area contributed by atoms with Gasteiger partial charge in [-0.3, -0.25) is 9.36 Å². The van der Waals surface area contributed by atoms with Gasteiger partial charge in [0.2, 0.25) is 0 Å². The first-order chi connectivity index (χ1) is 16.6. The Bertz CT molecular complexity index is 1300. The molecule has 1 fully saturated rings. The maximum absolute atomic E-state index is 14.7. The summed E-state index contributed by atoms with van der Waals surface area (Å²) in [5.41, 5.74) is 1.78. The van der Waals surface area contributed by atoms with Crippen molar-refractivity contribution in [3.63, 3.8) is 0 Å². The van der Waals surface area contributed by atoms with E-state index in [2.05, 4.69) is 4.98 Å². The summed E-state index contributed by atoms with van der Waals surface area (Å²) in [4.78, 5) is 31.9. The number of nitrogens with zero attached hydrogens (tertiary/aromatic N) is 3. The maximum atomic E-state index is 14.7. The molecule has 7 nitrogen and oxygen atoms in total. The Hall–Kier alpha value is -3.42. The van der Waals surface area contributed by atoms with E-state index < -0.39 is 5.60 Å². The molecule has 1 saturated heterocycles. The van der Waals surface area contributed by atoms with E-state index in [4.69, 9.17) is 9.47 Å². The lowest BCUT2D eigenvalue weighted by Crippen LogP contribution is -2.43. The van der Waals surface area contributed by atoms with E-state index in [1.165, 1.54) is 0 Å². The third-order valence-corrected chi connectivity index (χ3v) is 6.29. The molecule has 8 heteroatoms. The van der Waals surface area contributed by atoms with Gasteiger partial charge >= 0.3 is 6.09 Å². The van der Waals surface area contributed by atoms with Crippen molar-refractivity contribution in [1.29, 1.82) is 0 Å². The van der Waals surface area contributed by atoms with Crippen LogP contribution >= 0.6 is 0 Å². The number of aryl methyl sites for hydroxylation is 1. The van der Waals surface area contributed by atoms with E-state index >= 15 is 0 Å². The zero-order chi connectivity index (χ0) is 25.3. The van der Waals surface area contributed by atoms with Crippen molar-refractivity contribution in [3.05, 3.63) is 69.5 Å². The van der Waals surface area contributed by atoms with Crippen molar-refractivity contribution in [2.24, 2.45) is 0 Å². The molecule has 0 spiro atoms. The normalized spacial score (nSPS) is 14.9. The van der Waals surface area contributed by atoms with Gasteiger partial charge in [-0.15, -0.1) is 0 Å². The van der Waals surface area contributed by atoms with Crippen molar-refractivity contribution in [2.45, 2.75) is 58.6 Å². The Kier molecular flexibility index (Phi) is 6.83. The molecule has 186 valence electrons. The number of benzene rings is 2. The Morgan fingerprint density at radius 2 is 1.89 bits per heavy atom. The predicted octanol–water partition coefficient (Wildman–Crippen LogP) is 5.02.